The van der Waals surface area contributed by atoms with Crippen molar-refractivity contribution in [3.8, 4) is 0 Å². The maximum Gasteiger partial charge on any atom is 0.300 e. The van der Waals surface area contributed by atoms with E-state index in [0.29, 0.717) is 6.02 Å². The summed E-state index contributed by atoms with van der Waals surface area (Å²) in [7, 11) is 1.57. The van der Waals surface area contributed by atoms with Gasteiger partial charge < -0.3 is 4.74 Å². The maximum absolute atomic E-state index is 5.81. The Kier molecular flexibility index (Phi) is 2.16. The second kappa shape index (κ2) is 3.16. The van der Waals surface area contributed by atoms with Crippen LogP contribution in [0.15, 0.2) is 15.3 Å². The quantitative estimate of drug-likeness (QED) is 0.683. The number of nitrogens with zero attached hydrogens (tertiary/aromatic N) is 1. The molecule has 1 aliphatic heterocycles. The summed E-state index contributed by atoms with van der Waals surface area (Å²) in [5.41, 5.74) is 0.880. The minimum atomic E-state index is 0.516. The Morgan fingerprint density at radius 1 is 1.67 bits per heavy atom. The second-order valence-electron chi connectivity index (χ2n) is 2.05. The molecular formula is C6H5ClN2OS2. The van der Waals surface area contributed by atoms with Crippen molar-refractivity contribution >= 4 is 46.6 Å². The predicted molar refractivity (Wildman–Crippen MR) is 52.4 cm³/mol. The zero-order chi connectivity index (χ0) is 8.55. The second-order valence-corrected chi connectivity index (χ2v) is 4.81. The number of aliphatic imine (C=N–C) groups is 1. The van der Waals surface area contributed by atoms with Crippen molar-refractivity contribution in [1.82, 2.24) is 4.72 Å². The smallest absolute Gasteiger partial charge is 0.300 e. The molecule has 0 aliphatic carbocycles. The minimum Gasteiger partial charge on any atom is -0.468 e. The summed E-state index contributed by atoms with van der Waals surface area (Å²) < 4.78 is 9.69. The Labute approximate surface area is 82.9 Å². The third-order valence-corrected chi connectivity index (χ3v) is 3.52. The Morgan fingerprint density at radius 3 is 3.25 bits per heavy atom. The lowest BCUT2D eigenvalue weighted by Crippen LogP contribution is -2.19. The summed E-state index contributed by atoms with van der Waals surface area (Å²) in [6.07, 6.45) is 0. The van der Waals surface area contributed by atoms with E-state index < -0.39 is 0 Å². The van der Waals surface area contributed by atoms with Crippen LogP contribution in [0.4, 0.5) is 5.69 Å². The van der Waals surface area contributed by atoms with Gasteiger partial charge in [0.2, 0.25) is 0 Å². The number of rotatable bonds is 0. The summed E-state index contributed by atoms with van der Waals surface area (Å²) in [4.78, 5) is 4.17. The highest BCUT2D eigenvalue weighted by Gasteiger charge is 2.15. The average molecular weight is 221 g/mol. The molecule has 0 fully saturated rings. The summed E-state index contributed by atoms with van der Waals surface area (Å²) in [5, 5.41) is 0. The highest BCUT2D eigenvalue weighted by molar-refractivity contribution is 8.00. The number of nitrogens with one attached hydrogen (secondary N) is 1. The fourth-order valence-corrected chi connectivity index (χ4v) is 2.91. The molecule has 0 unspecified atom stereocenters. The molecule has 0 atom stereocenters. The first-order valence-corrected chi connectivity index (χ1v) is 5.15. The van der Waals surface area contributed by atoms with Crippen LogP contribution >= 0.6 is 34.9 Å². The number of hydrogen-bond donors (Lipinski definition) is 1. The van der Waals surface area contributed by atoms with Gasteiger partial charge in [-0.3, -0.25) is 4.72 Å². The first-order valence-electron chi connectivity index (χ1n) is 3.14. The topological polar surface area (TPSA) is 33.6 Å². The summed E-state index contributed by atoms with van der Waals surface area (Å²) >= 11 is 8.79. The van der Waals surface area contributed by atoms with Crippen LogP contribution < -0.4 is 4.72 Å². The van der Waals surface area contributed by atoms with Crippen molar-refractivity contribution in [3.05, 3.63) is 10.4 Å². The van der Waals surface area contributed by atoms with E-state index in [1.165, 1.54) is 23.3 Å². The van der Waals surface area contributed by atoms with Crippen LogP contribution in [0.2, 0.25) is 4.34 Å². The lowest BCUT2D eigenvalue weighted by Gasteiger charge is -2.10. The molecule has 0 bridgehead atoms. The van der Waals surface area contributed by atoms with Crippen molar-refractivity contribution in [2.24, 2.45) is 4.99 Å². The van der Waals surface area contributed by atoms with E-state index in [4.69, 9.17) is 16.3 Å². The molecule has 1 N–H and O–H groups in total. The van der Waals surface area contributed by atoms with Crippen LogP contribution in [0.5, 0.6) is 0 Å². The van der Waals surface area contributed by atoms with E-state index in [-0.39, 0.29) is 0 Å². The Hall–Kier alpha value is -0.390. The third-order valence-electron chi connectivity index (χ3n) is 1.30. The van der Waals surface area contributed by atoms with Gasteiger partial charge in [0.1, 0.15) is 4.21 Å². The normalized spacial score (nSPS) is 14.7. The van der Waals surface area contributed by atoms with Gasteiger partial charge in [0.15, 0.2) is 0 Å². The zero-order valence-electron chi connectivity index (χ0n) is 6.13. The minimum absolute atomic E-state index is 0.516. The van der Waals surface area contributed by atoms with Crippen LogP contribution in [0.25, 0.3) is 0 Å². The van der Waals surface area contributed by atoms with Gasteiger partial charge >= 0.3 is 0 Å². The molecule has 2 heterocycles. The molecule has 0 spiro atoms. The van der Waals surface area contributed by atoms with Gasteiger partial charge in [0.25, 0.3) is 6.02 Å². The lowest BCUT2D eigenvalue weighted by molar-refractivity contribution is 0.392. The van der Waals surface area contributed by atoms with E-state index in [9.17, 15) is 0 Å². The van der Waals surface area contributed by atoms with Gasteiger partial charge in [0.05, 0.1) is 17.1 Å². The molecule has 0 aromatic carbocycles. The summed E-state index contributed by atoms with van der Waals surface area (Å²) in [6.45, 7) is 0. The van der Waals surface area contributed by atoms with E-state index in [0.717, 1.165) is 14.2 Å². The highest BCUT2D eigenvalue weighted by Crippen LogP contribution is 2.41. The molecule has 2 rings (SSSR count). The fraction of sp³-hybridized carbons (Fsp3) is 0.167. The van der Waals surface area contributed by atoms with Gasteiger partial charge in [-0.25, -0.2) is 0 Å². The van der Waals surface area contributed by atoms with E-state index in [1.54, 1.807) is 7.11 Å². The van der Waals surface area contributed by atoms with Crippen molar-refractivity contribution in [1.29, 1.82) is 0 Å². The maximum atomic E-state index is 5.81. The third kappa shape index (κ3) is 1.39. The highest BCUT2D eigenvalue weighted by atomic mass is 35.5. The number of ether oxygens (including phenoxy) is 1. The van der Waals surface area contributed by atoms with Crippen molar-refractivity contribution in [3.63, 3.8) is 0 Å². The van der Waals surface area contributed by atoms with Gasteiger partial charge in [-0.2, -0.15) is 4.99 Å². The number of methoxy groups -OCH3 is 1. The largest absolute Gasteiger partial charge is 0.468 e. The number of hydrogen-bond acceptors (Lipinski definition) is 5. The van der Waals surface area contributed by atoms with Crippen LogP contribution in [-0.4, -0.2) is 13.1 Å². The molecule has 0 radical (unpaired) electrons. The fourth-order valence-electron chi connectivity index (χ4n) is 0.797. The molecule has 6 heteroatoms. The van der Waals surface area contributed by atoms with Gasteiger partial charge in [0, 0.05) is 11.9 Å². The summed E-state index contributed by atoms with van der Waals surface area (Å²) in [6, 6.07) is 2.34. The molecule has 0 saturated carbocycles. The van der Waals surface area contributed by atoms with Crippen molar-refractivity contribution in [2.45, 2.75) is 4.21 Å². The zero-order valence-corrected chi connectivity index (χ0v) is 8.52. The van der Waals surface area contributed by atoms with Gasteiger partial charge in [-0.1, -0.05) is 11.6 Å². The average Bonchev–Trinajstić information content (AvgIpc) is 2.43. The molecular weight excluding hydrogens is 216 g/mol. The molecule has 1 aliphatic rings. The van der Waals surface area contributed by atoms with Crippen LogP contribution in [0.3, 0.4) is 0 Å². The first kappa shape index (κ1) is 8.22. The van der Waals surface area contributed by atoms with Gasteiger partial charge in [-0.05, 0) is 6.07 Å². The molecule has 12 heavy (non-hydrogen) atoms. The Bertz CT molecular complexity index is 336. The predicted octanol–water partition coefficient (Wildman–Crippen LogP) is 2.65. The monoisotopic (exact) mass is 220 g/mol. The van der Waals surface area contributed by atoms with Crippen molar-refractivity contribution in [2.75, 3.05) is 7.11 Å². The van der Waals surface area contributed by atoms with Gasteiger partial charge in [-0.15, -0.1) is 11.3 Å². The van der Waals surface area contributed by atoms with Crippen LogP contribution in [0.1, 0.15) is 0 Å². The molecule has 3 nitrogen and oxygen atoms in total. The molecule has 0 amide bonds. The number of halogens is 1. The SMILES string of the molecule is COC1=Nc2cc(Cl)sc2SN1. The Balaban J connectivity index is 2.40. The molecule has 1 aromatic heterocycles. The van der Waals surface area contributed by atoms with E-state index in [2.05, 4.69) is 9.71 Å². The molecule has 0 saturated heterocycles. The van der Waals surface area contributed by atoms with Crippen LogP contribution in [-0.2, 0) is 4.74 Å². The first-order chi connectivity index (χ1) is 5.79. The number of fused-ring (bicyclic) bond motifs is 1. The Morgan fingerprint density at radius 2 is 2.50 bits per heavy atom. The molecule has 1 aromatic rings. The summed E-state index contributed by atoms with van der Waals surface area (Å²) in [5.74, 6) is 0. The van der Waals surface area contributed by atoms with E-state index in [1.807, 2.05) is 6.07 Å². The molecule has 64 valence electrons. The van der Waals surface area contributed by atoms with Crippen LogP contribution in [0, 0.1) is 0 Å². The number of thiophene rings is 1. The lowest BCUT2D eigenvalue weighted by atomic mass is 10.5. The van der Waals surface area contributed by atoms with E-state index >= 15 is 0 Å². The number of amidine groups is 1. The van der Waals surface area contributed by atoms with Crippen molar-refractivity contribution < 1.29 is 4.74 Å². The standard InChI is InChI=1S/C6H5ClN2OS2/c1-10-6-8-3-2-4(7)11-5(3)12-9-6/h2H,1H3,(H,8,9).